The normalized spacial score (nSPS) is 13.5. The van der Waals surface area contributed by atoms with Gasteiger partial charge in [0.2, 0.25) is 0 Å². The van der Waals surface area contributed by atoms with Crippen LogP contribution in [0.25, 0.3) is 10.9 Å². The molecule has 3 aromatic rings. The van der Waals surface area contributed by atoms with Crippen LogP contribution in [0.3, 0.4) is 0 Å². The molecule has 1 saturated carbocycles. The minimum Gasteiger partial charge on any atom is -0.387 e. The van der Waals surface area contributed by atoms with Gasteiger partial charge in [-0.1, -0.05) is 12.1 Å². The number of amides is 1. The summed E-state index contributed by atoms with van der Waals surface area (Å²) in [6.45, 7) is 2.61. The summed E-state index contributed by atoms with van der Waals surface area (Å²) >= 11 is 0. The fourth-order valence-electron chi connectivity index (χ4n) is 3.85. The second-order valence-electron chi connectivity index (χ2n) is 7.32. The summed E-state index contributed by atoms with van der Waals surface area (Å²) in [6, 6.07) is 15.2. The number of fused-ring (bicyclic) bond motifs is 1. The molecule has 1 fully saturated rings. The summed E-state index contributed by atoms with van der Waals surface area (Å²) in [4.78, 5) is 27.3. The Labute approximate surface area is 164 Å². The summed E-state index contributed by atoms with van der Waals surface area (Å²) in [5.74, 6) is 0.393. The van der Waals surface area contributed by atoms with Gasteiger partial charge in [-0.05, 0) is 61.6 Å². The van der Waals surface area contributed by atoms with E-state index in [1.54, 1.807) is 22.6 Å². The Kier molecular flexibility index (Phi) is 4.67. The van der Waals surface area contributed by atoms with Crippen LogP contribution in [0.2, 0.25) is 0 Å². The second-order valence-corrected chi connectivity index (χ2v) is 7.32. The zero-order valence-corrected chi connectivity index (χ0v) is 16.5. The third-order valence-electron chi connectivity index (χ3n) is 5.58. The van der Waals surface area contributed by atoms with E-state index in [0.29, 0.717) is 18.0 Å². The predicted molar refractivity (Wildman–Crippen MR) is 115 cm³/mol. The average Bonchev–Trinajstić information content (AvgIpc) is 3.57. The number of anilines is 2. The van der Waals surface area contributed by atoms with Gasteiger partial charge in [0.15, 0.2) is 0 Å². The highest BCUT2D eigenvalue weighted by Crippen LogP contribution is 2.43. The Morgan fingerprint density at radius 3 is 2.61 bits per heavy atom. The van der Waals surface area contributed by atoms with Crippen molar-refractivity contribution < 1.29 is 4.79 Å². The molecule has 144 valence electrons. The van der Waals surface area contributed by atoms with Crippen molar-refractivity contribution in [3.8, 4) is 0 Å². The number of hydrogen-bond acceptors (Lipinski definition) is 3. The third kappa shape index (κ3) is 3.07. The van der Waals surface area contributed by atoms with Crippen molar-refractivity contribution in [1.29, 1.82) is 0 Å². The number of rotatable bonds is 5. The molecule has 0 saturated heterocycles. The quantitative estimate of drug-likeness (QED) is 0.726. The number of aromatic nitrogens is 1. The van der Waals surface area contributed by atoms with E-state index in [4.69, 9.17) is 0 Å². The lowest BCUT2D eigenvalue weighted by atomic mass is 10.0. The first kappa shape index (κ1) is 18.3. The minimum absolute atomic E-state index is 0.0528. The largest absolute Gasteiger partial charge is 0.387 e. The molecule has 0 unspecified atom stereocenters. The molecule has 1 aromatic heterocycles. The monoisotopic (exact) mass is 375 g/mol. The topological polar surface area (TPSA) is 54.3 Å². The van der Waals surface area contributed by atoms with Crippen molar-refractivity contribution in [1.82, 2.24) is 4.57 Å². The Bertz CT molecular complexity index is 1110. The Morgan fingerprint density at radius 1 is 1.18 bits per heavy atom. The molecular formula is C23H25N3O2. The number of hydrogen-bond donors (Lipinski definition) is 1. The van der Waals surface area contributed by atoms with E-state index >= 15 is 0 Å². The van der Waals surface area contributed by atoms with Crippen LogP contribution in [0.15, 0.2) is 53.3 Å². The summed E-state index contributed by atoms with van der Waals surface area (Å²) < 4.78 is 1.79. The number of nitrogens with one attached hydrogen (secondary N) is 1. The smallest absolute Gasteiger partial charge is 0.260 e. The van der Waals surface area contributed by atoms with Gasteiger partial charge in [0.25, 0.3) is 11.5 Å². The van der Waals surface area contributed by atoms with Crippen molar-refractivity contribution >= 4 is 28.2 Å². The highest BCUT2D eigenvalue weighted by Gasteiger charge is 2.27. The van der Waals surface area contributed by atoms with Crippen LogP contribution in [0, 0.1) is 0 Å². The average molecular weight is 375 g/mol. The van der Waals surface area contributed by atoms with Crippen molar-refractivity contribution in [2.45, 2.75) is 32.2 Å². The van der Waals surface area contributed by atoms with Crippen LogP contribution in [0.4, 0.5) is 11.4 Å². The second kappa shape index (κ2) is 7.15. The predicted octanol–water partition coefficient (Wildman–Crippen LogP) is 4.22. The lowest BCUT2D eigenvalue weighted by Crippen LogP contribution is -2.27. The fraction of sp³-hybridized carbons (Fsp3) is 0.304. The van der Waals surface area contributed by atoms with Gasteiger partial charge < -0.3 is 14.8 Å². The lowest BCUT2D eigenvalue weighted by Gasteiger charge is -2.21. The Balaban J connectivity index is 1.81. The maximum absolute atomic E-state index is 13.1. The van der Waals surface area contributed by atoms with Gasteiger partial charge in [-0.2, -0.15) is 0 Å². The maximum Gasteiger partial charge on any atom is 0.260 e. The Morgan fingerprint density at radius 2 is 1.93 bits per heavy atom. The highest BCUT2D eigenvalue weighted by atomic mass is 16.2. The van der Waals surface area contributed by atoms with E-state index in [9.17, 15) is 9.59 Å². The lowest BCUT2D eigenvalue weighted by molar-refractivity contribution is 0.0994. The zero-order chi connectivity index (χ0) is 19.8. The third-order valence-corrected chi connectivity index (χ3v) is 5.58. The van der Waals surface area contributed by atoms with Gasteiger partial charge in [0.05, 0.1) is 11.1 Å². The first-order chi connectivity index (χ1) is 13.5. The first-order valence-electron chi connectivity index (χ1n) is 9.77. The fourth-order valence-corrected chi connectivity index (χ4v) is 3.85. The molecule has 0 aliphatic heterocycles. The van der Waals surface area contributed by atoms with E-state index in [0.717, 1.165) is 40.7 Å². The molecule has 0 spiro atoms. The van der Waals surface area contributed by atoms with Gasteiger partial charge in [-0.3, -0.25) is 9.59 Å². The number of benzene rings is 2. The van der Waals surface area contributed by atoms with Crippen LogP contribution in [-0.4, -0.2) is 24.6 Å². The standard InChI is InChI=1S/C23H25N3O2/c1-4-26-21-12-11-16(13-19(21)18(14-22(26)27)15-9-10-15)25(3)23(28)17-7-5-6-8-20(17)24-2/h5-8,11-15,24H,4,9-10H2,1-3H3. The van der Waals surface area contributed by atoms with Gasteiger partial charge in [0, 0.05) is 43.5 Å². The van der Waals surface area contributed by atoms with E-state index in [1.165, 1.54) is 0 Å². The molecule has 1 N–H and O–H groups in total. The molecule has 5 heteroatoms. The zero-order valence-electron chi connectivity index (χ0n) is 16.5. The van der Waals surface area contributed by atoms with Crippen LogP contribution in [-0.2, 0) is 6.54 Å². The first-order valence-corrected chi connectivity index (χ1v) is 9.77. The van der Waals surface area contributed by atoms with Gasteiger partial charge in [0.1, 0.15) is 0 Å². The number of para-hydroxylation sites is 1. The molecule has 1 amide bonds. The van der Waals surface area contributed by atoms with E-state index in [1.807, 2.05) is 50.4 Å². The van der Waals surface area contributed by atoms with Gasteiger partial charge in [-0.15, -0.1) is 0 Å². The van der Waals surface area contributed by atoms with Crippen molar-refractivity contribution in [2.24, 2.45) is 0 Å². The van der Waals surface area contributed by atoms with Crippen molar-refractivity contribution in [3.63, 3.8) is 0 Å². The molecule has 4 rings (SSSR count). The summed E-state index contributed by atoms with van der Waals surface area (Å²) in [5, 5.41) is 4.15. The van der Waals surface area contributed by atoms with Gasteiger partial charge >= 0.3 is 0 Å². The van der Waals surface area contributed by atoms with Crippen molar-refractivity contribution in [2.75, 3.05) is 24.3 Å². The van der Waals surface area contributed by atoms with Crippen LogP contribution < -0.4 is 15.8 Å². The number of carbonyl (C=O) groups is 1. The molecule has 0 atom stereocenters. The molecule has 1 aliphatic rings. The SMILES string of the molecule is CCn1c(=O)cc(C2CC2)c2cc(N(C)C(=O)c3ccccc3NC)ccc21. The van der Waals surface area contributed by atoms with Crippen molar-refractivity contribution in [3.05, 3.63) is 70.0 Å². The van der Waals surface area contributed by atoms with Crippen LogP contribution >= 0.6 is 0 Å². The molecule has 28 heavy (non-hydrogen) atoms. The summed E-state index contributed by atoms with van der Waals surface area (Å²) in [7, 11) is 3.61. The summed E-state index contributed by atoms with van der Waals surface area (Å²) in [6.07, 6.45) is 2.25. The molecule has 0 radical (unpaired) electrons. The molecule has 1 aliphatic carbocycles. The minimum atomic E-state index is -0.0684. The molecular weight excluding hydrogens is 350 g/mol. The van der Waals surface area contributed by atoms with Crippen LogP contribution in [0.1, 0.15) is 41.6 Å². The van der Waals surface area contributed by atoms with E-state index in [-0.39, 0.29) is 11.5 Å². The molecule has 1 heterocycles. The highest BCUT2D eigenvalue weighted by molar-refractivity contribution is 6.10. The number of aryl methyl sites for hydroxylation is 1. The number of nitrogens with zero attached hydrogens (tertiary/aromatic N) is 2. The van der Waals surface area contributed by atoms with E-state index in [2.05, 4.69) is 11.4 Å². The molecule has 5 nitrogen and oxygen atoms in total. The van der Waals surface area contributed by atoms with E-state index < -0.39 is 0 Å². The Hall–Kier alpha value is -3.08. The molecule has 0 bridgehead atoms. The van der Waals surface area contributed by atoms with Gasteiger partial charge in [-0.25, -0.2) is 0 Å². The number of carbonyl (C=O) groups excluding carboxylic acids is 1. The molecule has 2 aromatic carbocycles. The van der Waals surface area contributed by atoms with Crippen LogP contribution in [0.5, 0.6) is 0 Å². The summed E-state index contributed by atoms with van der Waals surface area (Å²) in [5.41, 5.74) is 4.37. The maximum atomic E-state index is 13.1. The number of pyridine rings is 1.